The summed E-state index contributed by atoms with van der Waals surface area (Å²) < 4.78 is 0. The highest BCUT2D eigenvalue weighted by Gasteiger charge is 2.09. The monoisotopic (exact) mass is 222 g/mol. The number of aryl methyl sites for hydroxylation is 2. The van der Waals surface area contributed by atoms with Gasteiger partial charge in [-0.2, -0.15) is 11.3 Å². The Hall–Kier alpha value is -0.600. The molecule has 2 heterocycles. The average Bonchev–Trinajstić information content (AvgIpc) is 2.85. The summed E-state index contributed by atoms with van der Waals surface area (Å²) >= 11 is 3.68. The molecule has 0 amide bonds. The van der Waals surface area contributed by atoms with Gasteiger partial charge in [-0.25, -0.2) is 0 Å². The fourth-order valence-corrected chi connectivity index (χ4v) is 3.70. The predicted molar refractivity (Wildman–Crippen MR) is 66.4 cm³/mol. The van der Waals surface area contributed by atoms with E-state index in [1.54, 1.807) is 0 Å². The third-order valence-electron chi connectivity index (χ3n) is 2.50. The molecular formula is C12H14S2. The molecule has 0 aliphatic heterocycles. The average molecular weight is 222 g/mol. The predicted octanol–water partition coefficient (Wildman–Crippen LogP) is 4.60. The first-order chi connectivity index (χ1) is 6.86. The van der Waals surface area contributed by atoms with Crippen LogP contribution in [0.15, 0.2) is 22.2 Å². The lowest BCUT2D eigenvalue weighted by Crippen LogP contribution is -1.83. The van der Waals surface area contributed by atoms with Crippen molar-refractivity contribution >= 4 is 22.7 Å². The van der Waals surface area contributed by atoms with Crippen LogP contribution in [0, 0.1) is 0 Å². The van der Waals surface area contributed by atoms with Crippen LogP contribution in [-0.4, -0.2) is 0 Å². The Morgan fingerprint density at radius 3 is 2.57 bits per heavy atom. The summed E-state index contributed by atoms with van der Waals surface area (Å²) in [7, 11) is 0. The molecule has 0 aliphatic rings. The van der Waals surface area contributed by atoms with Crippen molar-refractivity contribution in [1.29, 1.82) is 0 Å². The van der Waals surface area contributed by atoms with Gasteiger partial charge in [-0.1, -0.05) is 13.8 Å². The second-order valence-electron chi connectivity index (χ2n) is 3.29. The molecule has 0 fully saturated rings. The molecule has 2 heteroatoms. The van der Waals surface area contributed by atoms with Crippen molar-refractivity contribution in [3.8, 4) is 10.4 Å². The highest BCUT2D eigenvalue weighted by atomic mass is 32.1. The van der Waals surface area contributed by atoms with Crippen LogP contribution in [0.25, 0.3) is 10.4 Å². The summed E-state index contributed by atoms with van der Waals surface area (Å²) in [4.78, 5) is 1.48. The van der Waals surface area contributed by atoms with Gasteiger partial charge in [0.15, 0.2) is 0 Å². The lowest BCUT2D eigenvalue weighted by molar-refractivity contribution is 1.14. The van der Waals surface area contributed by atoms with Crippen LogP contribution in [0.3, 0.4) is 0 Å². The summed E-state index contributed by atoms with van der Waals surface area (Å²) in [6.45, 7) is 4.45. The number of rotatable bonds is 3. The highest BCUT2D eigenvalue weighted by molar-refractivity contribution is 7.14. The van der Waals surface area contributed by atoms with Crippen LogP contribution in [-0.2, 0) is 12.8 Å². The molecule has 0 radical (unpaired) electrons. The quantitative estimate of drug-likeness (QED) is 0.712. The van der Waals surface area contributed by atoms with Crippen LogP contribution < -0.4 is 0 Å². The summed E-state index contributed by atoms with van der Waals surface area (Å²) in [5, 5.41) is 6.75. The third-order valence-corrected chi connectivity index (χ3v) is 4.28. The first kappa shape index (κ1) is 9.94. The summed E-state index contributed by atoms with van der Waals surface area (Å²) in [5.41, 5.74) is 4.44. The fraction of sp³-hybridized carbons (Fsp3) is 0.333. The molecule has 74 valence electrons. The lowest BCUT2D eigenvalue weighted by atomic mass is 10.1. The Labute approximate surface area is 93.2 Å². The van der Waals surface area contributed by atoms with E-state index in [1.165, 1.54) is 21.6 Å². The van der Waals surface area contributed by atoms with Crippen molar-refractivity contribution in [3.05, 3.63) is 33.3 Å². The molecule has 0 nitrogen and oxygen atoms in total. The molecule has 0 aromatic carbocycles. The van der Waals surface area contributed by atoms with Crippen molar-refractivity contribution in [1.82, 2.24) is 0 Å². The molecule has 2 aromatic heterocycles. The van der Waals surface area contributed by atoms with Crippen LogP contribution in [0.2, 0.25) is 0 Å². The molecule has 0 unspecified atom stereocenters. The van der Waals surface area contributed by atoms with Gasteiger partial charge in [0, 0.05) is 10.4 Å². The van der Waals surface area contributed by atoms with E-state index < -0.39 is 0 Å². The molecule has 0 atom stereocenters. The van der Waals surface area contributed by atoms with Gasteiger partial charge in [-0.3, -0.25) is 0 Å². The van der Waals surface area contributed by atoms with Gasteiger partial charge in [-0.15, -0.1) is 11.3 Å². The summed E-state index contributed by atoms with van der Waals surface area (Å²) in [6.07, 6.45) is 2.28. The highest BCUT2D eigenvalue weighted by Crippen LogP contribution is 2.34. The van der Waals surface area contributed by atoms with E-state index in [1.807, 2.05) is 22.7 Å². The summed E-state index contributed by atoms with van der Waals surface area (Å²) in [5.74, 6) is 0. The Morgan fingerprint density at radius 2 is 1.86 bits per heavy atom. The molecule has 0 N–H and O–H groups in total. The van der Waals surface area contributed by atoms with Gasteiger partial charge in [0.05, 0.1) is 0 Å². The van der Waals surface area contributed by atoms with Gasteiger partial charge in [0.1, 0.15) is 0 Å². The Balaban J connectivity index is 2.48. The minimum absolute atomic E-state index is 1.14. The zero-order chi connectivity index (χ0) is 9.97. The Morgan fingerprint density at radius 1 is 1.07 bits per heavy atom. The largest absolute Gasteiger partial charge is 0.151 e. The molecule has 0 bridgehead atoms. The van der Waals surface area contributed by atoms with E-state index in [9.17, 15) is 0 Å². The molecule has 0 aliphatic carbocycles. The van der Waals surface area contributed by atoms with Crippen LogP contribution in [0.1, 0.15) is 25.0 Å². The van der Waals surface area contributed by atoms with Gasteiger partial charge >= 0.3 is 0 Å². The smallest absolute Gasteiger partial charge is 0.0385 e. The molecule has 0 spiro atoms. The lowest BCUT2D eigenvalue weighted by Gasteiger charge is -2.01. The standard InChI is InChI=1S/C12H14S2/c1-3-9-5-6-14-12(9)11-8-13-7-10(11)4-2/h5-8H,3-4H2,1-2H3. The molecule has 2 rings (SSSR count). The molecule has 0 saturated carbocycles. The first-order valence-electron chi connectivity index (χ1n) is 4.98. The number of hydrogen-bond acceptors (Lipinski definition) is 2. The normalized spacial score (nSPS) is 10.7. The second-order valence-corrected chi connectivity index (χ2v) is 4.95. The first-order valence-corrected chi connectivity index (χ1v) is 6.80. The molecule has 14 heavy (non-hydrogen) atoms. The Bertz CT molecular complexity index is 369. The molecule has 0 saturated heterocycles. The molecular weight excluding hydrogens is 208 g/mol. The van der Waals surface area contributed by atoms with Crippen molar-refractivity contribution in [3.63, 3.8) is 0 Å². The van der Waals surface area contributed by atoms with Crippen molar-refractivity contribution in [2.45, 2.75) is 26.7 Å². The topological polar surface area (TPSA) is 0 Å². The van der Waals surface area contributed by atoms with Crippen LogP contribution in [0.4, 0.5) is 0 Å². The maximum absolute atomic E-state index is 2.28. The van der Waals surface area contributed by atoms with E-state index in [0.29, 0.717) is 0 Å². The van der Waals surface area contributed by atoms with Gasteiger partial charge in [0.2, 0.25) is 0 Å². The van der Waals surface area contributed by atoms with E-state index in [2.05, 4.69) is 36.1 Å². The fourth-order valence-electron chi connectivity index (χ4n) is 1.65. The van der Waals surface area contributed by atoms with Crippen molar-refractivity contribution in [2.75, 3.05) is 0 Å². The van der Waals surface area contributed by atoms with E-state index in [-0.39, 0.29) is 0 Å². The minimum atomic E-state index is 1.14. The van der Waals surface area contributed by atoms with Crippen molar-refractivity contribution < 1.29 is 0 Å². The number of hydrogen-bond donors (Lipinski definition) is 0. The second kappa shape index (κ2) is 4.28. The molecule has 2 aromatic rings. The Kier molecular flexibility index (Phi) is 3.04. The third kappa shape index (κ3) is 1.64. The SMILES string of the molecule is CCc1cscc1-c1sccc1CC. The van der Waals surface area contributed by atoms with Crippen LogP contribution >= 0.6 is 22.7 Å². The van der Waals surface area contributed by atoms with E-state index in [0.717, 1.165) is 12.8 Å². The van der Waals surface area contributed by atoms with Gasteiger partial charge in [-0.05, 0) is 46.2 Å². The maximum Gasteiger partial charge on any atom is 0.0385 e. The van der Waals surface area contributed by atoms with Gasteiger partial charge in [0.25, 0.3) is 0 Å². The van der Waals surface area contributed by atoms with E-state index >= 15 is 0 Å². The summed E-state index contributed by atoms with van der Waals surface area (Å²) in [6, 6.07) is 2.25. The van der Waals surface area contributed by atoms with Crippen LogP contribution in [0.5, 0.6) is 0 Å². The zero-order valence-electron chi connectivity index (χ0n) is 8.54. The number of thiophene rings is 2. The zero-order valence-corrected chi connectivity index (χ0v) is 10.2. The van der Waals surface area contributed by atoms with Crippen molar-refractivity contribution in [2.24, 2.45) is 0 Å². The van der Waals surface area contributed by atoms with Gasteiger partial charge < -0.3 is 0 Å². The maximum atomic E-state index is 2.28. The van der Waals surface area contributed by atoms with E-state index in [4.69, 9.17) is 0 Å². The minimum Gasteiger partial charge on any atom is -0.151 e.